The van der Waals surface area contributed by atoms with Gasteiger partial charge in [0.1, 0.15) is 11.9 Å². The largest absolute Gasteiger partial charge is 0.483 e. The zero-order valence-electron chi connectivity index (χ0n) is 28.8. The Balaban J connectivity index is 1.14. The van der Waals surface area contributed by atoms with Gasteiger partial charge in [-0.05, 0) is 91.7 Å². The molecule has 1 heterocycles. The standard InChI is InChI=1S/C49H37NO/c1-49(2)43-25-12-11-22-38(43)39-28-27-36(30-44(39)49)50(35-20-13-19-34(29-35)32-15-5-3-6-16-32)45-26-14-24-41-47-40-23-10-9-21-37(40)42(31-46(47)51-48(41)45)33-17-7-4-8-18-33/h3-31,41,48H,1-2H3. The van der Waals surface area contributed by atoms with Crippen molar-refractivity contribution in [3.05, 3.63) is 198 Å². The maximum atomic E-state index is 7.16. The highest BCUT2D eigenvalue weighted by Gasteiger charge is 2.42. The van der Waals surface area contributed by atoms with E-state index >= 15 is 0 Å². The minimum atomic E-state index is -0.196. The Kier molecular flexibility index (Phi) is 6.69. The molecule has 0 N–H and O–H groups in total. The second kappa shape index (κ2) is 11.5. The Morgan fingerprint density at radius 2 is 1.20 bits per heavy atom. The molecule has 244 valence electrons. The van der Waals surface area contributed by atoms with Gasteiger partial charge in [0.15, 0.2) is 0 Å². The SMILES string of the molecule is CC1(C)c2ccccc2-c2ccc(N(C3=CC=CC4c5c(cc(-c6ccccc6)c6ccccc56)OC34)c3cccc(-c4ccccc4)c3)cc21. The Morgan fingerprint density at radius 3 is 2.02 bits per heavy atom. The van der Waals surface area contributed by atoms with Gasteiger partial charge < -0.3 is 9.64 Å². The lowest BCUT2D eigenvalue weighted by atomic mass is 9.82. The van der Waals surface area contributed by atoms with Crippen molar-refractivity contribution < 1.29 is 4.74 Å². The molecular formula is C49H37NO. The highest BCUT2D eigenvalue weighted by atomic mass is 16.5. The van der Waals surface area contributed by atoms with Crippen LogP contribution in [0.1, 0.15) is 36.5 Å². The summed E-state index contributed by atoms with van der Waals surface area (Å²) in [7, 11) is 0. The molecular weight excluding hydrogens is 619 g/mol. The zero-order chi connectivity index (χ0) is 34.1. The Morgan fingerprint density at radius 1 is 0.529 bits per heavy atom. The fraction of sp³-hybridized carbons (Fsp3) is 0.102. The molecule has 0 saturated heterocycles. The molecule has 7 aromatic rings. The average Bonchev–Trinajstić information content (AvgIpc) is 3.68. The monoisotopic (exact) mass is 655 g/mol. The van der Waals surface area contributed by atoms with Gasteiger partial charge in [-0.15, -0.1) is 0 Å². The third-order valence-corrected chi connectivity index (χ3v) is 11.2. The van der Waals surface area contributed by atoms with E-state index in [1.54, 1.807) is 0 Å². The van der Waals surface area contributed by atoms with E-state index in [4.69, 9.17) is 4.74 Å². The van der Waals surface area contributed by atoms with Crippen molar-refractivity contribution in [2.24, 2.45) is 0 Å². The summed E-state index contributed by atoms with van der Waals surface area (Å²) in [6.45, 7) is 4.71. The number of ether oxygens (including phenoxy) is 1. The molecule has 2 unspecified atom stereocenters. The number of fused-ring (bicyclic) bond motifs is 8. The van der Waals surface area contributed by atoms with Crippen molar-refractivity contribution in [1.29, 1.82) is 0 Å². The molecule has 2 nitrogen and oxygen atoms in total. The summed E-state index contributed by atoms with van der Waals surface area (Å²) in [5.74, 6) is 1.04. The second-order valence-corrected chi connectivity index (χ2v) is 14.4. The van der Waals surface area contributed by atoms with E-state index < -0.39 is 0 Å². The first-order valence-electron chi connectivity index (χ1n) is 17.9. The van der Waals surface area contributed by atoms with Gasteiger partial charge in [-0.2, -0.15) is 0 Å². The van der Waals surface area contributed by atoms with Crippen LogP contribution in [-0.4, -0.2) is 6.10 Å². The average molecular weight is 656 g/mol. The first-order chi connectivity index (χ1) is 25.1. The van der Waals surface area contributed by atoms with Crippen LogP contribution < -0.4 is 9.64 Å². The molecule has 2 aliphatic carbocycles. The number of allylic oxidation sites excluding steroid dienone is 2. The van der Waals surface area contributed by atoms with Gasteiger partial charge in [-0.25, -0.2) is 0 Å². The first-order valence-corrected chi connectivity index (χ1v) is 17.9. The fourth-order valence-corrected chi connectivity index (χ4v) is 8.78. The maximum Gasteiger partial charge on any atom is 0.149 e. The molecule has 51 heavy (non-hydrogen) atoms. The molecule has 0 aromatic heterocycles. The van der Waals surface area contributed by atoms with Gasteiger partial charge in [0.05, 0.1) is 5.70 Å². The summed E-state index contributed by atoms with van der Waals surface area (Å²) in [4.78, 5) is 2.44. The molecule has 0 saturated carbocycles. The predicted molar refractivity (Wildman–Crippen MR) is 212 cm³/mol. The van der Waals surface area contributed by atoms with Crippen LogP contribution in [0.25, 0.3) is 44.2 Å². The van der Waals surface area contributed by atoms with Crippen LogP contribution in [0.3, 0.4) is 0 Å². The summed E-state index contributed by atoms with van der Waals surface area (Å²) >= 11 is 0. The predicted octanol–water partition coefficient (Wildman–Crippen LogP) is 12.6. The number of benzene rings is 7. The van der Waals surface area contributed by atoms with Crippen molar-refractivity contribution in [2.75, 3.05) is 4.90 Å². The minimum Gasteiger partial charge on any atom is -0.483 e. The van der Waals surface area contributed by atoms with Crippen LogP contribution in [0.2, 0.25) is 0 Å². The molecule has 0 bridgehead atoms. The smallest absolute Gasteiger partial charge is 0.149 e. The summed E-state index contributed by atoms with van der Waals surface area (Å²) in [6, 6.07) is 57.3. The van der Waals surface area contributed by atoms with E-state index in [0.29, 0.717) is 0 Å². The summed E-state index contributed by atoms with van der Waals surface area (Å²) in [5.41, 5.74) is 14.7. The van der Waals surface area contributed by atoms with Gasteiger partial charge in [0.25, 0.3) is 0 Å². The van der Waals surface area contributed by atoms with Crippen LogP contribution in [0.15, 0.2) is 182 Å². The van der Waals surface area contributed by atoms with Crippen molar-refractivity contribution in [3.8, 4) is 39.1 Å². The molecule has 7 aromatic carbocycles. The highest BCUT2D eigenvalue weighted by Crippen LogP contribution is 2.53. The van der Waals surface area contributed by atoms with E-state index in [-0.39, 0.29) is 17.4 Å². The van der Waals surface area contributed by atoms with Crippen LogP contribution in [0.5, 0.6) is 5.75 Å². The lowest BCUT2D eigenvalue weighted by Gasteiger charge is -2.35. The molecule has 2 atom stereocenters. The van der Waals surface area contributed by atoms with Crippen LogP contribution in [0, 0.1) is 0 Å². The number of anilines is 2. The molecule has 0 radical (unpaired) electrons. The Labute approximate surface area is 299 Å². The number of nitrogens with zero attached hydrogens (tertiary/aromatic N) is 1. The quantitative estimate of drug-likeness (QED) is 0.183. The van der Waals surface area contributed by atoms with Crippen molar-refractivity contribution in [3.63, 3.8) is 0 Å². The third kappa shape index (κ3) is 4.63. The van der Waals surface area contributed by atoms with E-state index in [2.05, 4.69) is 195 Å². The molecule has 10 rings (SSSR count). The van der Waals surface area contributed by atoms with E-state index in [0.717, 1.165) is 22.8 Å². The van der Waals surface area contributed by atoms with Gasteiger partial charge in [0, 0.05) is 28.3 Å². The molecule has 1 aliphatic heterocycles. The van der Waals surface area contributed by atoms with Crippen LogP contribution >= 0.6 is 0 Å². The lowest BCUT2D eigenvalue weighted by Crippen LogP contribution is -2.32. The zero-order valence-corrected chi connectivity index (χ0v) is 28.8. The number of hydrogen-bond donors (Lipinski definition) is 0. The van der Waals surface area contributed by atoms with Gasteiger partial charge in [-0.1, -0.05) is 153 Å². The van der Waals surface area contributed by atoms with E-state index in [1.165, 1.54) is 60.8 Å². The second-order valence-electron chi connectivity index (χ2n) is 14.4. The number of rotatable bonds is 5. The van der Waals surface area contributed by atoms with Gasteiger partial charge >= 0.3 is 0 Å². The van der Waals surface area contributed by atoms with Gasteiger partial charge in [0.2, 0.25) is 0 Å². The van der Waals surface area contributed by atoms with E-state index in [1.807, 2.05) is 0 Å². The van der Waals surface area contributed by atoms with Crippen molar-refractivity contribution in [1.82, 2.24) is 0 Å². The van der Waals surface area contributed by atoms with Crippen LogP contribution in [-0.2, 0) is 5.41 Å². The van der Waals surface area contributed by atoms with Crippen LogP contribution in [0.4, 0.5) is 11.4 Å². The highest BCUT2D eigenvalue weighted by molar-refractivity contribution is 6.01. The fourth-order valence-electron chi connectivity index (χ4n) is 8.78. The van der Waals surface area contributed by atoms with Crippen molar-refractivity contribution in [2.45, 2.75) is 31.3 Å². The Bertz CT molecular complexity index is 2540. The topological polar surface area (TPSA) is 12.5 Å². The molecule has 2 heteroatoms. The lowest BCUT2D eigenvalue weighted by molar-refractivity contribution is 0.253. The molecule has 0 amide bonds. The molecule has 0 spiro atoms. The Hall–Kier alpha value is -6.12. The van der Waals surface area contributed by atoms with E-state index in [9.17, 15) is 0 Å². The summed E-state index contributed by atoms with van der Waals surface area (Å²) in [6.07, 6.45) is 6.62. The maximum absolute atomic E-state index is 7.16. The summed E-state index contributed by atoms with van der Waals surface area (Å²) < 4.78 is 7.16. The number of hydrogen-bond acceptors (Lipinski definition) is 2. The molecule has 3 aliphatic rings. The third-order valence-electron chi connectivity index (χ3n) is 11.2. The van der Waals surface area contributed by atoms with Gasteiger partial charge in [-0.3, -0.25) is 0 Å². The molecule has 0 fully saturated rings. The summed E-state index contributed by atoms with van der Waals surface area (Å²) in [5, 5.41) is 2.51. The first kappa shape index (κ1) is 29.8. The van der Waals surface area contributed by atoms with Crippen molar-refractivity contribution >= 4 is 22.1 Å². The normalized spacial score (nSPS) is 17.6. The minimum absolute atomic E-state index is 0.0738.